The average Bonchev–Trinajstić information content (AvgIpc) is 2.67. The molecule has 0 unspecified atom stereocenters. The van der Waals surface area contributed by atoms with Crippen LogP contribution in [0.3, 0.4) is 0 Å². The number of rotatable bonds is 5. The molecular weight excluding hydrogens is 344 g/mol. The molecule has 3 rings (SSSR count). The zero-order valence-electron chi connectivity index (χ0n) is 13.5. The first-order chi connectivity index (χ1) is 12.1. The largest absolute Gasteiger partial charge is 0.457 e. The fourth-order valence-electron chi connectivity index (χ4n) is 2.45. The number of benzene rings is 1. The van der Waals surface area contributed by atoms with Gasteiger partial charge in [-0.05, 0) is 29.8 Å². The molecule has 0 aliphatic carbocycles. The molecule has 1 saturated heterocycles. The highest BCUT2D eigenvalue weighted by atomic mass is 32.2. The van der Waals surface area contributed by atoms with E-state index in [1.54, 1.807) is 30.5 Å². The SMILES string of the molecule is O=C(OCc1cccc(S(=O)(=O)N2CCOCC2)c1)c1cccnc1. The third kappa shape index (κ3) is 4.22. The van der Waals surface area contributed by atoms with Crippen molar-refractivity contribution in [3.05, 3.63) is 59.9 Å². The Morgan fingerprint density at radius 3 is 2.72 bits per heavy atom. The van der Waals surface area contributed by atoms with Crippen LogP contribution < -0.4 is 0 Å². The Morgan fingerprint density at radius 2 is 2.00 bits per heavy atom. The molecule has 1 fully saturated rings. The van der Waals surface area contributed by atoms with Crippen molar-refractivity contribution in [3.63, 3.8) is 0 Å². The van der Waals surface area contributed by atoms with Crippen molar-refractivity contribution in [2.24, 2.45) is 0 Å². The summed E-state index contributed by atoms with van der Waals surface area (Å²) in [7, 11) is -3.57. The topological polar surface area (TPSA) is 85.8 Å². The lowest BCUT2D eigenvalue weighted by Crippen LogP contribution is -2.40. The molecule has 0 radical (unpaired) electrons. The standard InChI is InChI=1S/C17H18N2O5S/c20-17(15-4-2-6-18-12-15)24-13-14-3-1-5-16(11-14)25(21,22)19-7-9-23-10-8-19/h1-6,11-12H,7-10,13H2. The molecular formula is C17H18N2O5S. The van der Waals surface area contributed by atoms with E-state index in [1.807, 2.05) is 0 Å². The van der Waals surface area contributed by atoms with Crippen molar-refractivity contribution in [3.8, 4) is 0 Å². The van der Waals surface area contributed by atoms with Crippen LogP contribution in [0.25, 0.3) is 0 Å². The number of sulfonamides is 1. The molecule has 7 nitrogen and oxygen atoms in total. The number of hydrogen-bond donors (Lipinski definition) is 0. The quantitative estimate of drug-likeness (QED) is 0.749. The molecule has 0 amide bonds. The Kier molecular flexibility index (Phi) is 5.42. The smallest absolute Gasteiger partial charge is 0.340 e. The molecule has 0 saturated carbocycles. The number of ether oxygens (including phenoxy) is 2. The second kappa shape index (κ2) is 7.73. The fraction of sp³-hybridized carbons (Fsp3) is 0.294. The van der Waals surface area contributed by atoms with Gasteiger partial charge in [0.05, 0.1) is 23.7 Å². The van der Waals surface area contributed by atoms with Gasteiger partial charge < -0.3 is 9.47 Å². The minimum atomic E-state index is -3.57. The van der Waals surface area contributed by atoms with Crippen molar-refractivity contribution < 1.29 is 22.7 Å². The number of morpholine rings is 1. The van der Waals surface area contributed by atoms with Gasteiger partial charge in [0.2, 0.25) is 10.0 Å². The van der Waals surface area contributed by atoms with Crippen molar-refractivity contribution in [1.82, 2.24) is 9.29 Å². The predicted molar refractivity (Wildman–Crippen MR) is 89.4 cm³/mol. The lowest BCUT2D eigenvalue weighted by atomic mass is 10.2. The summed E-state index contributed by atoms with van der Waals surface area (Å²) in [5.74, 6) is -0.505. The van der Waals surface area contributed by atoms with Gasteiger partial charge in [0, 0.05) is 25.5 Å². The Balaban J connectivity index is 1.70. The van der Waals surface area contributed by atoms with E-state index in [0.717, 1.165) is 0 Å². The zero-order valence-corrected chi connectivity index (χ0v) is 14.3. The summed E-state index contributed by atoms with van der Waals surface area (Å²) >= 11 is 0. The first-order valence-corrected chi connectivity index (χ1v) is 9.25. The summed E-state index contributed by atoms with van der Waals surface area (Å²) in [5, 5.41) is 0. The Labute approximate surface area is 146 Å². The van der Waals surface area contributed by atoms with Crippen LogP contribution in [-0.2, 0) is 26.1 Å². The van der Waals surface area contributed by atoms with Crippen molar-refractivity contribution in [2.45, 2.75) is 11.5 Å². The molecule has 1 aliphatic rings. The van der Waals surface area contributed by atoms with E-state index < -0.39 is 16.0 Å². The Morgan fingerprint density at radius 1 is 1.20 bits per heavy atom. The molecule has 132 valence electrons. The third-order valence-electron chi connectivity index (χ3n) is 3.77. The van der Waals surface area contributed by atoms with Gasteiger partial charge in [-0.2, -0.15) is 4.31 Å². The minimum absolute atomic E-state index is 0.0137. The predicted octanol–water partition coefficient (Wildman–Crippen LogP) is 1.46. The number of hydrogen-bond acceptors (Lipinski definition) is 6. The molecule has 0 bridgehead atoms. The summed E-state index contributed by atoms with van der Waals surface area (Å²) < 4.78 is 37.1. The molecule has 1 aromatic carbocycles. The Hall–Kier alpha value is -2.29. The van der Waals surface area contributed by atoms with E-state index in [2.05, 4.69) is 4.98 Å². The number of aromatic nitrogens is 1. The van der Waals surface area contributed by atoms with Crippen LogP contribution in [0.2, 0.25) is 0 Å². The number of carbonyl (C=O) groups excluding carboxylic acids is 1. The lowest BCUT2D eigenvalue weighted by molar-refractivity contribution is 0.0472. The van der Waals surface area contributed by atoms with Crippen LogP contribution in [0.15, 0.2) is 53.7 Å². The maximum atomic E-state index is 12.7. The third-order valence-corrected chi connectivity index (χ3v) is 5.67. The molecule has 1 aromatic heterocycles. The second-order valence-electron chi connectivity index (χ2n) is 5.48. The number of esters is 1. The zero-order chi connectivity index (χ0) is 17.7. The number of nitrogens with zero attached hydrogens (tertiary/aromatic N) is 2. The van der Waals surface area contributed by atoms with E-state index in [4.69, 9.17) is 9.47 Å². The average molecular weight is 362 g/mol. The van der Waals surface area contributed by atoms with E-state index in [-0.39, 0.29) is 11.5 Å². The highest BCUT2D eigenvalue weighted by Crippen LogP contribution is 2.19. The van der Waals surface area contributed by atoms with Crippen LogP contribution in [0.4, 0.5) is 0 Å². The van der Waals surface area contributed by atoms with Crippen molar-refractivity contribution in [1.29, 1.82) is 0 Å². The first-order valence-electron chi connectivity index (χ1n) is 7.81. The molecule has 1 aliphatic heterocycles. The van der Waals surface area contributed by atoms with Crippen molar-refractivity contribution >= 4 is 16.0 Å². The van der Waals surface area contributed by atoms with E-state index >= 15 is 0 Å². The summed E-state index contributed by atoms with van der Waals surface area (Å²) in [5.41, 5.74) is 0.950. The molecule has 2 heterocycles. The molecule has 8 heteroatoms. The maximum Gasteiger partial charge on any atom is 0.340 e. The van der Waals surface area contributed by atoms with Gasteiger partial charge in [-0.25, -0.2) is 13.2 Å². The van der Waals surface area contributed by atoms with Crippen LogP contribution in [0, 0.1) is 0 Å². The lowest BCUT2D eigenvalue weighted by Gasteiger charge is -2.26. The molecule has 25 heavy (non-hydrogen) atoms. The molecule has 0 atom stereocenters. The highest BCUT2D eigenvalue weighted by molar-refractivity contribution is 7.89. The van der Waals surface area contributed by atoms with Gasteiger partial charge in [-0.1, -0.05) is 12.1 Å². The summed E-state index contributed by atoms with van der Waals surface area (Å²) in [6.45, 7) is 1.44. The Bertz CT molecular complexity index is 833. The molecule has 2 aromatic rings. The summed E-state index contributed by atoms with van der Waals surface area (Å²) in [4.78, 5) is 16.0. The fourth-order valence-corrected chi connectivity index (χ4v) is 3.93. The van der Waals surface area contributed by atoms with Crippen LogP contribution in [0.5, 0.6) is 0 Å². The summed E-state index contributed by atoms with van der Waals surface area (Å²) in [6.07, 6.45) is 2.98. The van der Waals surface area contributed by atoms with Gasteiger partial charge in [0.25, 0.3) is 0 Å². The van der Waals surface area contributed by atoms with E-state index in [0.29, 0.717) is 37.4 Å². The van der Waals surface area contributed by atoms with Crippen molar-refractivity contribution in [2.75, 3.05) is 26.3 Å². The van der Waals surface area contributed by atoms with Crippen LogP contribution in [0.1, 0.15) is 15.9 Å². The van der Waals surface area contributed by atoms with Gasteiger partial charge in [-0.3, -0.25) is 4.98 Å². The minimum Gasteiger partial charge on any atom is -0.457 e. The second-order valence-corrected chi connectivity index (χ2v) is 7.42. The molecule has 0 spiro atoms. The van der Waals surface area contributed by atoms with E-state index in [9.17, 15) is 13.2 Å². The monoisotopic (exact) mass is 362 g/mol. The van der Waals surface area contributed by atoms with Crippen LogP contribution >= 0.6 is 0 Å². The van der Waals surface area contributed by atoms with Gasteiger partial charge in [-0.15, -0.1) is 0 Å². The van der Waals surface area contributed by atoms with E-state index in [1.165, 1.54) is 22.6 Å². The normalized spacial score (nSPS) is 15.7. The highest BCUT2D eigenvalue weighted by Gasteiger charge is 2.26. The van der Waals surface area contributed by atoms with Gasteiger partial charge in [0.1, 0.15) is 6.61 Å². The number of pyridine rings is 1. The number of carbonyl (C=O) groups is 1. The van der Waals surface area contributed by atoms with Gasteiger partial charge in [0.15, 0.2) is 0 Å². The first kappa shape index (κ1) is 17.5. The maximum absolute atomic E-state index is 12.7. The molecule has 0 N–H and O–H groups in total. The van der Waals surface area contributed by atoms with Gasteiger partial charge >= 0.3 is 5.97 Å². The summed E-state index contributed by atoms with van der Waals surface area (Å²) in [6, 6.07) is 9.68. The van der Waals surface area contributed by atoms with Crippen LogP contribution in [-0.4, -0.2) is 50.0 Å².